The highest BCUT2D eigenvalue weighted by atomic mass is 32.1. The monoisotopic (exact) mass is 344 g/mol. The molecule has 1 aromatic heterocycles. The predicted octanol–water partition coefficient (Wildman–Crippen LogP) is 2.87. The van der Waals surface area contributed by atoms with Gasteiger partial charge in [0.2, 0.25) is 0 Å². The van der Waals surface area contributed by atoms with Gasteiger partial charge in [-0.3, -0.25) is 4.79 Å². The second kappa shape index (κ2) is 6.06. The van der Waals surface area contributed by atoms with Crippen molar-refractivity contribution >= 4 is 36.7 Å². The van der Waals surface area contributed by atoms with E-state index in [4.69, 9.17) is 9.31 Å². The molecule has 1 fully saturated rings. The molecule has 0 radical (unpaired) electrons. The summed E-state index contributed by atoms with van der Waals surface area (Å²) >= 11 is 4.42. The van der Waals surface area contributed by atoms with Crippen LogP contribution in [0.5, 0.6) is 0 Å². The highest BCUT2D eigenvalue weighted by Gasteiger charge is 2.52. The van der Waals surface area contributed by atoms with Gasteiger partial charge in [-0.2, -0.15) is 12.6 Å². The van der Waals surface area contributed by atoms with E-state index in [1.807, 2.05) is 52.0 Å². The van der Waals surface area contributed by atoms with E-state index in [-0.39, 0.29) is 5.56 Å². The lowest BCUT2D eigenvalue weighted by molar-refractivity contribution is 0.00578. The summed E-state index contributed by atoms with van der Waals surface area (Å²) in [5, 5.41) is 0.554. The molecule has 0 saturated carbocycles. The van der Waals surface area contributed by atoms with Crippen molar-refractivity contribution < 1.29 is 9.31 Å². The maximum absolute atomic E-state index is 11.9. The minimum atomic E-state index is -0.449. The third kappa shape index (κ3) is 3.03. The Hall–Kier alpha value is -1.57. The van der Waals surface area contributed by atoms with Crippen molar-refractivity contribution in [1.29, 1.82) is 0 Å². The van der Waals surface area contributed by atoms with E-state index in [1.54, 1.807) is 0 Å². The zero-order valence-electron chi connectivity index (χ0n) is 14.3. The summed E-state index contributed by atoms with van der Waals surface area (Å²) in [6.45, 7) is 8.07. The Morgan fingerprint density at radius 2 is 1.96 bits per heavy atom. The molecule has 5 nitrogen and oxygen atoms in total. The third-order valence-corrected chi connectivity index (χ3v) is 5.12. The van der Waals surface area contributed by atoms with Crippen LogP contribution in [-0.4, -0.2) is 34.0 Å². The summed E-state index contributed by atoms with van der Waals surface area (Å²) in [4.78, 5) is 18.7. The van der Waals surface area contributed by atoms with Crippen LogP contribution in [0.2, 0.25) is 0 Å². The maximum atomic E-state index is 11.9. The number of aromatic nitrogens is 2. The first-order valence-electron chi connectivity index (χ1n) is 7.88. The number of benzene rings is 1. The van der Waals surface area contributed by atoms with Gasteiger partial charge in [-0.05, 0) is 50.9 Å². The number of H-pyrrole nitrogens is 1. The van der Waals surface area contributed by atoms with Gasteiger partial charge in [0.15, 0.2) is 0 Å². The van der Waals surface area contributed by atoms with E-state index in [1.165, 1.54) is 6.33 Å². The van der Waals surface area contributed by atoms with Gasteiger partial charge in [0.05, 0.1) is 28.4 Å². The second-order valence-corrected chi connectivity index (χ2v) is 7.29. The van der Waals surface area contributed by atoms with E-state index in [9.17, 15) is 4.79 Å². The van der Waals surface area contributed by atoms with Crippen LogP contribution in [0.4, 0.5) is 0 Å². The molecule has 1 N–H and O–H groups in total. The van der Waals surface area contributed by atoms with Crippen LogP contribution in [0.1, 0.15) is 33.3 Å². The average molecular weight is 344 g/mol. The Kier molecular flexibility index (Phi) is 4.36. The molecule has 7 heteroatoms. The zero-order chi connectivity index (χ0) is 17.5. The number of hydrogen-bond acceptors (Lipinski definition) is 5. The third-order valence-electron chi connectivity index (χ3n) is 4.76. The van der Waals surface area contributed by atoms with Crippen molar-refractivity contribution in [2.45, 2.75) is 38.9 Å². The van der Waals surface area contributed by atoms with Gasteiger partial charge in [-0.25, -0.2) is 4.98 Å². The lowest BCUT2D eigenvalue weighted by Crippen LogP contribution is -2.41. The Labute approximate surface area is 147 Å². The molecular formula is C17H21BN2O3S. The number of fused-ring (bicyclic) bond motifs is 1. The van der Waals surface area contributed by atoms with Crippen LogP contribution < -0.4 is 5.56 Å². The molecule has 3 rings (SSSR count). The Balaban J connectivity index is 1.97. The van der Waals surface area contributed by atoms with Gasteiger partial charge in [0.25, 0.3) is 5.56 Å². The first kappa shape index (κ1) is 17.3. The van der Waals surface area contributed by atoms with Gasteiger partial charge in [0, 0.05) is 5.75 Å². The fourth-order valence-corrected chi connectivity index (χ4v) is 2.81. The lowest BCUT2D eigenvalue weighted by atomic mass is 9.78. The van der Waals surface area contributed by atoms with E-state index in [2.05, 4.69) is 22.6 Å². The van der Waals surface area contributed by atoms with Crippen LogP contribution >= 0.6 is 12.6 Å². The zero-order valence-corrected chi connectivity index (χ0v) is 15.2. The fraction of sp³-hybridized carbons (Fsp3) is 0.412. The molecular weight excluding hydrogens is 323 g/mol. The van der Waals surface area contributed by atoms with E-state index >= 15 is 0 Å². The summed E-state index contributed by atoms with van der Waals surface area (Å²) < 4.78 is 12.2. The molecule has 0 spiro atoms. The predicted molar refractivity (Wildman–Crippen MR) is 100 cm³/mol. The van der Waals surface area contributed by atoms with Crippen LogP contribution in [0.25, 0.3) is 17.0 Å². The van der Waals surface area contributed by atoms with Crippen molar-refractivity contribution in [3.05, 3.63) is 45.9 Å². The topological polar surface area (TPSA) is 64.2 Å². The normalized spacial score (nSPS) is 19.9. The molecule has 1 aromatic carbocycles. The number of nitrogens with zero attached hydrogens (tertiary/aromatic N) is 1. The molecule has 24 heavy (non-hydrogen) atoms. The molecule has 2 heterocycles. The molecule has 0 atom stereocenters. The minimum Gasteiger partial charge on any atom is -0.400 e. The van der Waals surface area contributed by atoms with Crippen LogP contribution in [0.15, 0.2) is 34.8 Å². The highest BCUT2D eigenvalue weighted by molar-refractivity contribution is 7.80. The summed E-state index contributed by atoms with van der Waals surface area (Å²) in [5.41, 5.74) is 1.52. The second-order valence-electron chi connectivity index (χ2n) is 6.97. The number of aromatic amines is 1. The summed E-state index contributed by atoms with van der Waals surface area (Å²) in [6.07, 6.45) is 3.37. The molecule has 0 aliphatic carbocycles. The van der Waals surface area contributed by atoms with Crippen molar-refractivity contribution in [2.24, 2.45) is 0 Å². The van der Waals surface area contributed by atoms with Crippen molar-refractivity contribution in [1.82, 2.24) is 9.97 Å². The Morgan fingerprint density at radius 3 is 2.58 bits per heavy atom. The number of thiol groups is 1. The minimum absolute atomic E-state index is 0.154. The van der Waals surface area contributed by atoms with Crippen LogP contribution in [0, 0.1) is 0 Å². The van der Waals surface area contributed by atoms with Gasteiger partial charge in [-0.15, -0.1) is 0 Å². The first-order valence-corrected chi connectivity index (χ1v) is 8.51. The van der Waals surface area contributed by atoms with E-state index in [0.717, 1.165) is 11.0 Å². The van der Waals surface area contributed by atoms with Crippen LogP contribution in [-0.2, 0) is 9.31 Å². The molecule has 0 bridgehead atoms. The molecule has 0 amide bonds. The SMILES string of the molecule is CC1(C)OB(C(=Cc2ccc3nc[nH]c(=O)c3c2)CS)OC1(C)C. The quantitative estimate of drug-likeness (QED) is 0.664. The number of rotatable bonds is 3. The Morgan fingerprint density at radius 1 is 1.29 bits per heavy atom. The number of nitrogens with one attached hydrogen (secondary N) is 1. The molecule has 1 saturated heterocycles. The lowest BCUT2D eigenvalue weighted by Gasteiger charge is -2.32. The van der Waals surface area contributed by atoms with Gasteiger partial charge in [0.1, 0.15) is 0 Å². The van der Waals surface area contributed by atoms with Crippen molar-refractivity contribution in [3.8, 4) is 0 Å². The summed E-state index contributed by atoms with van der Waals surface area (Å²) in [5.74, 6) is 0.498. The summed E-state index contributed by atoms with van der Waals surface area (Å²) in [7, 11) is -0.449. The molecule has 0 unspecified atom stereocenters. The fourth-order valence-electron chi connectivity index (χ4n) is 2.57. The smallest absolute Gasteiger partial charge is 0.400 e. The first-order chi connectivity index (χ1) is 11.2. The molecule has 1 aliphatic rings. The van der Waals surface area contributed by atoms with Gasteiger partial charge < -0.3 is 14.3 Å². The van der Waals surface area contributed by atoms with E-state index < -0.39 is 18.3 Å². The highest BCUT2D eigenvalue weighted by Crippen LogP contribution is 2.39. The standard InChI is InChI=1S/C17H21BN2O3S/c1-16(2)17(3,4)23-18(22-16)12(9-24)7-11-5-6-14-13(8-11)15(21)20-10-19-14/h5-8,10,24H,9H2,1-4H3,(H,19,20,21). The van der Waals surface area contributed by atoms with Crippen molar-refractivity contribution in [3.63, 3.8) is 0 Å². The summed E-state index contributed by atoms with van der Waals surface area (Å²) in [6, 6.07) is 5.57. The Bertz CT molecular complexity index is 844. The van der Waals surface area contributed by atoms with Crippen molar-refractivity contribution in [2.75, 3.05) is 5.75 Å². The molecule has 126 valence electrons. The van der Waals surface area contributed by atoms with Gasteiger partial charge >= 0.3 is 7.12 Å². The number of hydrogen-bond donors (Lipinski definition) is 2. The van der Waals surface area contributed by atoms with Gasteiger partial charge in [-0.1, -0.05) is 12.1 Å². The average Bonchev–Trinajstić information content (AvgIpc) is 2.73. The maximum Gasteiger partial charge on any atom is 0.491 e. The van der Waals surface area contributed by atoms with Crippen LogP contribution in [0.3, 0.4) is 0 Å². The molecule has 2 aromatic rings. The largest absolute Gasteiger partial charge is 0.491 e. The van der Waals surface area contributed by atoms with E-state index in [0.29, 0.717) is 16.7 Å². The molecule has 1 aliphatic heterocycles.